The lowest BCUT2D eigenvalue weighted by Gasteiger charge is -2.05. The number of amides is 1. The van der Waals surface area contributed by atoms with Crippen molar-refractivity contribution in [1.82, 2.24) is 20.1 Å². The van der Waals surface area contributed by atoms with Crippen LogP contribution >= 0.6 is 11.6 Å². The first kappa shape index (κ1) is 18.7. The molecule has 29 heavy (non-hydrogen) atoms. The summed E-state index contributed by atoms with van der Waals surface area (Å²) in [5, 5.41) is 8.09. The minimum atomic E-state index is -0.280. The van der Waals surface area contributed by atoms with E-state index in [9.17, 15) is 9.59 Å². The Morgan fingerprint density at radius 2 is 1.83 bits per heavy atom. The number of nitrogens with one attached hydrogen (secondary N) is 2. The molecule has 6 nitrogen and oxygen atoms in total. The largest absolute Gasteiger partial charge is 0.348 e. The normalized spacial score (nSPS) is 10.7. The van der Waals surface area contributed by atoms with Crippen LogP contribution in [0.1, 0.15) is 15.9 Å². The number of hydrogen-bond donors (Lipinski definition) is 2. The fourth-order valence-corrected chi connectivity index (χ4v) is 3.08. The van der Waals surface area contributed by atoms with Gasteiger partial charge < -0.3 is 10.3 Å². The number of pyridine rings is 1. The minimum absolute atomic E-state index is 0.213. The van der Waals surface area contributed by atoms with E-state index in [1.54, 1.807) is 35.3 Å². The summed E-state index contributed by atoms with van der Waals surface area (Å²) in [6, 6.07) is 19.9. The van der Waals surface area contributed by atoms with Crippen LogP contribution in [0.3, 0.4) is 0 Å². The quantitative estimate of drug-likeness (QED) is 0.530. The molecule has 7 heteroatoms. The number of hydrogen-bond acceptors (Lipinski definition) is 3. The average Bonchev–Trinajstić information content (AvgIpc) is 3.19. The molecule has 0 saturated heterocycles. The van der Waals surface area contributed by atoms with Gasteiger partial charge in [0.25, 0.3) is 5.91 Å². The molecule has 4 rings (SSSR count). The molecule has 144 valence electrons. The maximum atomic E-state index is 12.9. The van der Waals surface area contributed by atoms with Crippen LogP contribution in [0.25, 0.3) is 16.9 Å². The Bertz CT molecular complexity index is 1200. The van der Waals surface area contributed by atoms with Crippen LogP contribution in [0, 0.1) is 0 Å². The van der Waals surface area contributed by atoms with Crippen LogP contribution in [0.5, 0.6) is 0 Å². The second-order valence-electron chi connectivity index (χ2n) is 6.42. The lowest BCUT2D eigenvalue weighted by atomic mass is 10.1. The number of carbonyl (C=O) groups excluding carboxylic acids is 1. The SMILES string of the molecule is O=C(NCc1cc[nH]c(=O)c1)c1cn(-c2ccccc2)nc1-c1ccc(Cl)cc1. The van der Waals surface area contributed by atoms with Crippen molar-refractivity contribution in [3.8, 4) is 16.9 Å². The van der Waals surface area contributed by atoms with Crippen molar-refractivity contribution in [3.63, 3.8) is 0 Å². The van der Waals surface area contributed by atoms with E-state index >= 15 is 0 Å². The predicted octanol–water partition coefficient (Wildman–Crippen LogP) is 3.81. The molecule has 2 aromatic heterocycles. The van der Waals surface area contributed by atoms with E-state index in [1.165, 1.54) is 6.07 Å². The molecule has 0 bridgehead atoms. The summed E-state index contributed by atoms with van der Waals surface area (Å²) < 4.78 is 1.67. The summed E-state index contributed by atoms with van der Waals surface area (Å²) >= 11 is 6.00. The average molecular weight is 405 g/mol. The fourth-order valence-electron chi connectivity index (χ4n) is 2.95. The first-order valence-electron chi connectivity index (χ1n) is 8.97. The van der Waals surface area contributed by atoms with Gasteiger partial charge in [-0.2, -0.15) is 5.10 Å². The van der Waals surface area contributed by atoms with Crippen molar-refractivity contribution in [3.05, 3.63) is 106 Å². The molecular weight excluding hydrogens is 388 g/mol. The van der Waals surface area contributed by atoms with Crippen molar-refractivity contribution in [2.45, 2.75) is 6.54 Å². The molecule has 0 spiro atoms. The first-order chi connectivity index (χ1) is 14.1. The minimum Gasteiger partial charge on any atom is -0.348 e. The highest BCUT2D eigenvalue weighted by atomic mass is 35.5. The van der Waals surface area contributed by atoms with Gasteiger partial charge in [-0.05, 0) is 35.9 Å². The molecule has 1 amide bonds. The van der Waals surface area contributed by atoms with E-state index in [0.717, 1.165) is 11.3 Å². The van der Waals surface area contributed by atoms with Gasteiger partial charge in [-0.15, -0.1) is 0 Å². The summed E-state index contributed by atoms with van der Waals surface area (Å²) in [5.74, 6) is -0.280. The molecule has 4 aromatic rings. The van der Waals surface area contributed by atoms with E-state index in [0.29, 0.717) is 21.8 Å². The Hall–Kier alpha value is -3.64. The number of para-hydroxylation sites is 1. The Kier molecular flexibility index (Phi) is 5.27. The molecule has 0 aliphatic heterocycles. The van der Waals surface area contributed by atoms with Crippen LogP contribution in [0.2, 0.25) is 5.02 Å². The number of halogens is 1. The molecule has 0 saturated carbocycles. The molecule has 0 radical (unpaired) electrons. The number of aromatic nitrogens is 3. The molecular formula is C22H17ClN4O2. The molecule has 2 aromatic carbocycles. The Morgan fingerprint density at radius 3 is 2.55 bits per heavy atom. The zero-order valence-corrected chi connectivity index (χ0v) is 16.1. The summed E-state index contributed by atoms with van der Waals surface area (Å²) in [5.41, 5.74) is 3.11. The highest BCUT2D eigenvalue weighted by Gasteiger charge is 2.18. The maximum Gasteiger partial charge on any atom is 0.255 e. The number of carbonyl (C=O) groups is 1. The summed E-state index contributed by atoms with van der Waals surface area (Å²) in [6.45, 7) is 0.235. The smallest absolute Gasteiger partial charge is 0.255 e. The van der Waals surface area contributed by atoms with Crippen LogP contribution < -0.4 is 10.9 Å². The van der Waals surface area contributed by atoms with Crippen LogP contribution in [0.4, 0.5) is 0 Å². The number of benzene rings is 2. The van der Waals surface area contributed by atoms with Crippen molar-refractivity contribution in [2.75, 3.05) is 0 Å². The van der Waals surface area contributed by atoms with Crippen LogP contribution in [-0.4, -0.2) is 20.7 Å². The van der Waals surface area contributed by atoms with Gasteiger partial charge in [-0.1, -0.05) is 41.9 Å². The van der Waals surface area contributed by atoms with Gasteiger partial charge in [0, 0.05) is 35.6 Å². The van der Waals surface area contributed by atoms with Gasteiger partial charge >= 0.3 is 0 Å². The van der Waals surface area contributed by atoms with Gasteiger partial charge in [-0.3, -0.25) is 9.59 Å². The Labute approximate surface area is 171 Å². The molecule has 2 N–H and O–H groups in total. The lowest BCUT2D eigenvalue weighted by molar-refractivity contribution is 0.0951. The third-order valence-corrected chi connectivity index (χ3v) is 4.64. The standard InChI is InChI=1S/C22H17ClN4O2/c23-17-8-6-16(7-9-17)21-19(14-27(26-21)18-4-2-1-3-5-18)22(29)25-13-15-10-11-24-20(28)12-15/h1-12,14H,13H2,(H,24,28)(H,25,29). The van der Waals surface area contributed by atoms with E-state index in [1.807, 2.05) is 42.5 Å². The highest BCUT2D eigenvalue weighted by Crippen LogP contribution is 2.25. The van der Waals surface area contributed by atoms with Crippen molar-refractivity contribution in [1.29, 1.82) is 0 Å². The van der Waals surface area contributed by atoms with Crippen LogP contribution in [0.15, 0.2) is 83.9 Å². The van der Waals surface area contributed by atoms with E-state index < -0.39 is 0 Å². The number of aromatic amines is 1. The third kappa shape index (κ3) is 4.28. The fraction of sp³-hybridized carbons (Fsp3) is 0.0455. The van der Waals surface area contributed by atoms with E-state index in [2.05, 4.69) is 15.4 Å². The summed E-state index contributed by atoms with van der Waals surface area (Å²) in [6.07, 6.45) is 3.25. The molecule has 0 unspecified atom stereocenters. The molecule has 2 heterocycles. The molecule has 0 aliphatic rings. The summed E-state index contributed by atoms with van der Waals surface area (Å²) in [7, 11) is 0. The zero-order chi connectivity index (χ0) is 20.2. The molecule has 0 atom stereocenters. The zero-order valence-electron chi connectivity index (χ0n) is 15.3. The van der Waals surface area contributed by atoms with Gasteiger partial charge in [0.2, 0.25) is 5.56 Å². The number of H-pyrrole nitrogens is 1. The van der Waals surface area contributed by atoms with Crippen molar-refractivity contribution in [2.24, 2.45) is 0 Å². The first-order valence-corrected chi connectivity index (χ1v) is 9.35. The second-order valence-corrected chi connectivity index (χ2v) is 6.86. The van der Waals surface area contributed by atoms with Gasteiger partial charge in [0.15, 0.2) is 0 Å². The van der Waals surface area contributed by atoms with Gasteiger partial charge in [0.1, 0.15) is 5.69 Å². The topological polar surface area (TPSA) is 79.8 Å². The van der Waals surface area contributed by atoms with E-state index in [4.69, 9.17) is 11.6 Å². The second kappa shape index (κ2) is 8.16. The van der Waals surface area contributed by atoms with Crippen LogP contribution in [-0.2, 0) is 6.54 Å². The summed E-state index contributed by atoms with van der Waals surface area (Å²) in [4.78, 5) is 26.9. The Balaban J connectivity index is 1.68. The van der Waals surface area contributed by atoms with Gasteiger partial charge in [0.05, 0.1) is 11.3 Å². The molecule has 0 aliphatic carbocycles. The monoisotopic (exact) mass is 404 g/mol. The highest BCUT2D eigenvalue weighted by molar-refractivity contribution is 6.30. The predicted molar refractivity (Wildman–Crippen MR) is 112 cm³/mol. The van der Waals surface area contributed by atoms with Gasteiger partial charge in [-0.25, -0.2) is 4.68 Å². The van der Waals surface area contributed by atoms with Crippen molar-refractivity contribution < 1.29 is 4.79 Å². The number of nitrogens with zero attached hydrogens (tertiary/aromatic N) is 2. The van der Waals surface area contributed by atoms with Crippen molar-refractivity contribution >= 4 is 17.5 Å². The molecule has 0 fully saturated rings. The Morgan fingerprint density at radius 1 is 1.07 bits per heavy atom. The maximum absolute atomic E-state index is 12.9. The number of rotatable bonds is 5. The third-order valence-electron chi connectivity index (χ3n) is 4.39. The van der Waals surface area contributed by atoms with E-state index in [-0.39, 0.29) is 18.0 Å². The lowest BCUT2D eigenvalue weighted by Crippen LogP contribution is -2.23.